The van der Waals surface area contributed by atoms with E-state index in [0.29, 0.717) is 23.1 Å². The van der Waals surface area contributed by atoms with Gasteiger partial charge in [-0.3, -0.25) is 4.79 Å². The normalized spacial score (nSPS) is 10.3. The second-order valence-electron chi connectivity index (χ2n) is 6.66. The van der Waals surface area contributed by atoms with Gasteiger partial charge >= 0.3 is 0 Å². The van der Waals surface area contributed by atoms with Gasteiger partial charge in [-0.15, -0.1) is 10.2 Å². The van der Waals surface area contributed by atoms with Crippen LogP contribution in [0.25, 0.3) is 0 Å². The van der Waals surface area contributed by atoms with Crippen LogP contribution in [0.15, 0.2) is 48.5 Å². The molecule has 0 unspecified atom stereocenters. The van der Waals surface area contributed by atoms with Crippen LogP contribution < -0.4 is 20.1 Å². The van der Waals surface area contributed by atoms with E-state index in [-0.39, 0.29) is 12.3 Å². The number of ether oxygens (including phenoxy) is 2. The summed E-state index contributed by atoms with van der Waals surface area (Å²) in [6, 6.07) is 15.0. The van der Waals surface area contributed by atoms with Gasteiger partial charge in [0, 0.05) is 5.69 Å². The smallest absolute Gasteiger partial charge is 0.229 e. The highest BCUT2D eigenvalue weighted by Crippen LogP contribution is 2.27. The third-order valence-corrected chi connectivity index (χ3v) is 4.39. The van der Waals surface area contributed by atoms with E-state index in [1.165, 1.54) is 5.56 Å². The molecule has 7 heteroatoms. The molecule has 0 spiro atoms. The van der Waals surface area contributed by atoms with Crippen LogP contribution >= 0.6 is 0 Å². The van der Waals surface area contributed by atoms with Crippen molar-refractivity contribution < 1.29 is 14.3 Å². The van der Waals surface area contributed by atoms with Crippen molar-refractivity contribution in [1.82, 2.24) is 10.2 Å². The lowest BCUT2D eigenvalue weighted by Gasteiger charge is -2.10. The number of benzene rings is 2. The van der Waals surface area contributed by atoms with E-state index in [1.54, 1.807) is 38.5 Å². The number of nitrogens with zero attached hydrogens (tertiary/aromatic N) is 2. The SMILES string of the molecule is COc1ccc(CC(=O)Nc2ccc(Nc3ccc(C)cc3C)nn2)cc1OC. The molecule has 2 N–H and O–H groups in total. The van der Waals surface area contributed by atoms with Gasteiger partial charge in [-0.25, -0.2) is 0 Å². The summed E-state index contributed by atoms with van der Waals surface area (Å²) in [5.74, 6) is 2.01. The summed E-state index contributed by atoms with van der Waals surface area (Å²) >= 11 is 0. The lowest BCUT2D eigenvalue weighted by atomic mass is 10.1. The fraction of sp³-hybridized carbons (Fsp3) is 0.227. The van der Waals surface area contributed by atoms with E-state index in [1.807, 2.05) is 25.1 Å². The van der Waals surface area contributed by atoms with Crippen molar-refractivity contribution >= 4 is 23.2 Å². The number of aryl methyl sites for hydroxylation is 2. The Bertz CT molecular complexity index is 1000. The maximum atomic E-state index is 12.3. The Labute approximate surface area is 170 Å². The summed E-state index contributed by atoms with van der Waals surface area (Å²) in [6.07, 6.45) is 0.185. The number of carbonyl (C=O) groups is 1. The molecule has 2 aromatic carbocycles. The zero-order valence-electron chi connectivity index (χ0n) is 16.9. The third-order valence-electron chi connectivity index (χ3n) is 4.39. The molecule has 1 heterocycles. The fourth-order valence-electron chi connectivity index (χ4n) is 2.92. The largest absolute Gasteiger partial charge is 0.493 e. The number of hydrogen-bond acceptors (Lipinski definition) is 6. The van der Waals surface area contributed by atoms with Crippen LogP contribution in [0, 0.1) is 13.8 Å². The summed E-state index contributed by atoms with van der Waals surface area (Å²) in [4.78, 5) is 12.3. The lowest BCUT2D eigenvalue weighted by Crippen LogP contribution is -2.16. The van der Waals surface area contributed by atoms with Crippen LogP contribution in [-0.4, -0.2) is 30.3 Å². The zero-order chi connectivity index (χ0) is 20.8. The fourth-order valence-corrected chi connectivity index (χ4v) is 2.92. The number of carbonyl (C=O) groups excluding carboxylic acids is 1. The Kier molecular flexibility index (Phi) is 6.29. The number of nitrogens with one attached hydrogen (secondary N) is 2. The summed E-state index contributed by atoms with van der Waals surface area (Å²) in [5, 5.41) is 14.2. The topological polar surface area (TPSA) is 85.4 Å². The maximum absolute atomic E-state index is 12.3. The highest BCUT2D eigenvalue weighted by atomic mass is 16.5. The zero-order valence-corrected chi connectivity index (χ0v) is 16.9. The Morgan fingerprint density at radius 3 is 2.28 bits per heavy atom. The van der Waals surface area contributed by atoms with Gasteiger partial charge in [-0.1, -0.05) is 23.8 Å². The van der Waals surface area contributed by atoms with Crippen LogP contribution in [0.5, 0.6) is 11.5 Å². The van der Waals surface area contributed by atoms with Crippen LogP contribution in [0.1, 0.15) is 16.7 Å². The van der Waals surface area contributed by atoms with Gasteiger partial charge in [0.2, 0.25) is 5.91 Å². The summed E-state index contributed by atoms with van der Waals surface area (Å²) in [6.45, 7) is 4.08. The second kappa shape index (κ2) is 9.05. The van der Waals surface area contributed by atoms with Crippen molar-refractivity contribution in [2.75, 3.05) is 24.9 Å². The number of aromatic nitrogens is 2. The predicted molar refractivity (Wildman–Crippen MR) is 113 cm³/mol. The minimum atomic E-state index is -0.193. The molecule has 0 aliphatic rings. The van der Waals surface area contributed by atoms with Crippen molar-refractivity contribution in [3.05, 3.63) is 65.2 Å². The number of hydrogen-bond donors (Lipinski definition) is 2. The van der Waals surface area contributed by atoms with Crippen LogP contribution in [-0.2, 0) is 11.2 Å². The molecule has 0 saturated heterocycles. The maximum Gasteiger partial charge on any atom is 0.229 e. The third kappa shape index (κ3) is 5.22. The molecule has 1 amide bonds. The van der Waals surface area contributed by atoms with E-state index >= 15 is 0 Å². The number of rotatable bonds is 7. The molecule has 150 valence electrons. The molecular formula is C22H24N4O3. The summed E-state index contributed by atoms with van der Waals surface area (Å²) < 4.78 is 10.5. The van der Waals surface area contributed by atoms with E-state index in [0.717, 1.165) is 16.8 Å². The molecule has 0 atom stereocenters. The monoisotopic (exact) mass is 392 g/mol. The predicted octanol–water partition coefficient (Wildman–Crippen LogP) is 4.04. The number of methoxy groups -OCH3 is 2. The Hall–Kier alpha value is -3.61. The van der Waals surface area contributed by atoms with E-state index in [2.05, 4.69) is 33.8 Å². The van der Waals surface area contributed by atoms with Crippen molar-refractivity contribution in [1.29, 1.82) is 0 Å². The molecule has 3 aromatic rings. The number of amides is 1. The molecule has 0 radical (unpaired) electrons. The molecule has 0 saturated carbocycles. The van der Waals surface area contributed by atoms with Crippen LogP contribution in [0.2, 0.25) is 0 Å². The van der Waals surface area contributed by atoms with Gasteiger partial charge in [-0.2, -0.15) is 0 Å². The molecule has 0 fully saturated rings. The average molecular weight is 392 g/mol. The van der Waals surface area contributed by atoms with E-state index in [9.17, 15) is 4.79 Å². The minimum absolute atomic E-state index is 0.185. The Morgan fingerprint density at radius 2 is 1.62 bits per heavy atom. The first-order valence-electron chi connectivity index (χ1n) is 9.17. The standard InChI is InChI=1S/C22H24N4O3/c1-14-5-7-17(15(2)11-14)23-20-9-10-21(26-25-20)24-22(27)13-16-6-8-18(28-3)19(12-16)29-4/h5-12H,13H2,1-4H3,(H,23,25)(H,24,26,27). The van der Waals surface area contributed by atoms with Crippen LogP contribution in [0.3, 0.4) is 0 Å². The molecule has 0 aliphatic carbocycles. The molecule has 7 nitrogen and oxygen atoms in total. The van der Waals surface area contributed by atoms with Gasteiger partial charge in [0.05, 0.1) is 20.6 Å². The highest BCUT2D eigenvalue weighted by molar-refractivity contribution is 5.91. The quantitative estimate of drug-likeness (QED) is 0.631. The summed E-state index contributed by atoms with van der Waals surface area (Å²) in [5.41, 5.74) is 4.10. The lowest BCUT2D eigenvalue weighted by molar-refractivity contribution is -0.115. The average Bonchev–Trinajstić information content (AvgIpc) is 2.71. The van der Waals surface area contributed by atoms with Crippen molar-refractivity contribution in [2.45, 2.75) is 20.3 Å². The van der Waals surface area contributed by atoms with Gasteiger partial charge in [-0.05, 0) is 55.3 Å². The minimum Gasteiger partial charge on any atom is -0.493 e. The van der Waals surface area contributed by atoms with Gasteiger partial charge in [0.15, 0.2) is 23.1 Å². The Morgan fingerprint density at radius 1 is 0.897 bits per heavy atom. The van der Waals surface area contributed by atoms with Gasteiger partial charge < -0.3 is 20.1 Å². The van der Waals surface area contributed by atoms with Gasteiger partial charge in [0.25, 0.3) is 0 Å². The molecule has 3 rings (SSSR count). The van der Waals surface area contributed by atoms with E-state index < -0.39 is 0 Å². The van der Waals surface area contributed by atoms with Crippen LogP contribution in [0.4, 0.5) is 17.3 Å². The molecular weight excluding hydrogens is 368 g/mol. The number of anilines is 3. The molecule has 29 heavy (non-hydrogen) atoms. The first-order valence-corrected chi connectivity index (χ1v) is 9.17. The first-order chi connectivity index (χ1) is 14.0. The Balaban J connectivity index is 1.61. The van der Waals surface area contributed by atoms with Gasteiger partial charge in [0.1, 0.15) is 0 Å². The first kappa shape index (κ1) is 20.1. The molecule has 1 aromatic heterocycles. The summed E-state index contributed by atoms with van der Waals surface area (Å²) in [7, 11) is 3.13. The van der Waals surface area contributed by atoms with Crippen molar-refractivity contribution in [3.63, 3.8) is 0 Å². The van der Waals surface area contributed by atoms with Crippen molar-refractivity contribution in [3.8, 4) is 11.5 Å². The molecule has 0 aliphatic heterocycles. The molecule has 0 bridgehead atoms. The highest BCUT2D eigenvalue weighted by Gasteiger charge is 2.10. The second-order valence-corrected chi connectivity index (χ2v) is 6.66. The van der Waals surface area contributed by atoms with Crippen molar-refractivity contribution in [2.24, 2.45) is 0 Å². The van der Waals surface area contributed by atoms with E-state index in [4.69, 9.17) is 9.47 Å².